The minimum Gasteiger partial charge on any atom is -0.350 e. The van der Waals surface area contributed by atoms with Gasteiger partial charge in [-0.1, -0.05) is 35.3 Å². The number of alkyl halides is 3. The van der Waals surface area contributed by atoms with E-state index in [0.29, 0.717) is 22.9 Å². The third-order valence-electron chi connectivity index (χ3n) is 7.18. The maximum absolute atomic E-state index is 12.3. The number of nitrogens with one attached hydrogen (secondary N) is 2. The van der Waals surface area contributed by atoms with Crippen molar-refractivity contribution in [1.82, 2.24) is 20.1 Å². The summed E-state index contributed by atoms with van der Waals surface area (Å²) in [5, 5.41) is 5.20. The third-order valence-corrected chi connectivity index (χ3v) is 7.71. The zero-order chi connectivity index (χ0) is 27.4. The smallest absolute Gasteiger partial charge is 0.350 e. The summed E-state index contributed by atoms with van der Waals surface area (Å²) in [5.41, 5.74) is 1.50. The van der Waals surface area contributed by atoms with Crippen molar-refractivity contribution in [3.8, 4) is 0 Å². The normalized spacial score (nSPS) is 21.9. The summed E-state index contributed by atoms with van der Waals surface area (Å²) < 4.78 is 36.9. The molecule has 7 nitrogen and oxygen atoms in total. The number of anilines is 2. The van der Waals surface area contributed by atoms with E-state index in [9.17, 15) is 18.0 Å². The van der Waals surface area contributed by atoms with Gasteiger partial charge in [0.25, 0.3) is 0 Å². The Morgan fingerprint density at radius 2 is 1.76 bits per heavy atom. The number of amides is 2. The third kappa shape index (κ3) is 7.65. The number of piperidine rings is 1. The quantitative estimate of drug-likeness (QED) is 0.469. The number of hydrogen-bond donors (Lipinski definition) is 2. The van der Waals surface area contributed by atoms with Crippen molar-refractivity contribution in [3.63, 3.8) is 0 Å². The summed E-state index contributed by atoms with van der Waals surface area (Å²) in [6, 6.07) is 9.56. The van der Waals surface area contributed by atoms with Crippen LogP contribution < -0.4 is 15.5 Å². The van der Waals surface area contributed by atoms with Crippen LogP contribution in [0.4, 0.5) is 29.5 Å². The number of aromatic nitrogens is 1. The zero-order valence-electron chi connectivity index (χ0n) is 21.4. The second kappa shape index (κ2) is 12.3. The van der Waals surface area contributed by atoms with Gasteiger partial charge in [0.05, 0.1) is 16.9 Å². The molecule has 0 bridgehead atoms. The van der Waals surface area contributed by atoms with Crippen molar-refractivity contribution < 1.29 is 18.0 Å². The maximum Gasteiger partial charge on any atom is 0.405 e. The Morgan fingerprint density at radius 1 is 1.08 bits per heavy atom. The summed E-state index contributed by atoms with van der Waals surface area (Å²) in [6.07, 6.45) is -0.851. The fraction of sp³-hybridized carbons (Fsp3) is 0.538. The molecule has 38 heavy (non-hydrogen) atoms. The second-order valence-corrected chi connectivity index (χ2v) is 11.0. The van der Waals surface area contributed by atoms with Gasteiger partial charge in [-0.15, -0.1) is 0 Å². The lowest BCUT2D eigenvalue weighted by atomic mass is 9.97. The Balaban J connectivity index is 1.30. The van der Waals surface area contributed by atoms with E-state index in [0.717, 1.165) is 50.6 Å². The highest BCUT2D eigenvalue weighted by Crippen LogP contribution is 2.32. The molecule has 1 aromatic heterocycles. The van der Waals surface area contributed by atoms with Gasteiger partial charge in [0.2, 0.25) is 0 Å². The van der Waals surface area contributed by atoms with Crippen LogP contribution in [0.5, 0.6) is 0 Å². The fourth-order valence-electron chi connectivity index (χ4n) is 5.28. The van der Waals surface area contributed by atoms with Crippen LogP contribution in [0.3, 0.4) is 0 Å². The van der Waals surface area contributed by atoms with Crippen LogP contribution in [0.2, 0.25) is 10.0 Å². The van der Waals surface area contributed by atoms with Crippen LogP contribution in [-0.4, -0.2) is 77.8 Å². The van der Waals surface area contributed by atoms with E-state index in [-0.39, 0.29) is 11.7 Å². The number of likely N-dealkylation sites (tertiary alicyclic amines) is 1. The van der Waals surface area contributed by atoms with Crippen LogP contribution in [0.1, 0.15) is 32.3 Å². The molecule has 4 rings (SSSR count). The van der Waals surface area contributed by atoms with E-state index in [1.54, 1.807) is 5.32 Å². The predicted octanol–water partition coefficient (Wildman–Crippen LogP) is 5.64. The molecule has 2 aliphatic rings. The molecule has 2 aliphatic heterocycles. The Morgan fingerprint density at radius 3 is 2.39 bits per heavy atom. The molecule has 2 aromatic rings. The first-order valence-corrected chi connectivity index (χ1v) is 13.5. The summed E-state index contributed by atoms with van der Waals surface area (Å²) in [4.78, 5) is 23.4. The van der Waals surface area contributed by atoms with Gasteiger partial charge in [0.1, 0.15) is 12.4 Å². The number of carbonyl (C=O) groups excluding carboxylic acids is 1. The van der Waals surface area contributed by atoms with E-state index in [1.165, 1.54) is 17.8 Å². The van der Waals surface area contributed by atoms with Crippen molar-refractivity contribution in [2.24, 2.45) is 0 Å². The minimum absolute atomic E-state index is 0.164. The summed E-state index contributed by atoms with van der Waals surface area (Å²) in [6.45, 7) is 7.59. The Labute approximate surface area is 231 Å². The maximum atomic E-state index is 12.3. The van der Waals surface area contributed by atoms with Gasteiger partial charge in [-0.3, -0.25) is 9.80 Å². The number of carbonyl (C=O) groups is 1. The van der Waals surface area contributed by atoms with Crippen LogP contribution in [0.25, 0.3) is 0 Å². The molecule has 0 unspecified atom stereocenters. The molecule has 2 N–H and O–H groups in total. The number of benzene rings is 1. The Kier molecular flexibility index (Phi) is 9.28. The molecule has 208 valence electrons. The zero-order valence-corrected chi connectivity index (χ0v) is 23.0. The number of pyridine rings is 1. The Hall–Kier alpha value is -2.27. The molecule has 2 atom stereocenters. The number of urea groups is 1. The highest BCUT2D eigenvalue weighted by atomic mass is 35.5. The van der Waals surface area contributed by atoms with Crippen LogP contribution >= 0.6 is 23.2 Å². The molecule has 0 saturated carbocycles. The molecule has 1 aromatic carbocycles. The topological polar surface area (TPSA) is 63.7 Å². The molecule has 0 spiro atoms. The van der Waals surface area contributed by atoms with Crippen molar-refractivity contribution in [2.45, 2.75) is 57.5 Å². The molecule has 2 saturated heterocycles. The van der Waals surface area contributed by atoms with E-state index in [1.807, 2.05) is 12.1 Å². The van der Waals surface area contributed by atoms with Crippen molar-refractivity contribution in [1.29, 1.82) is 0 Å². The monoisotopic (exact) mass is 572 g/mol. The van der Waals surface area contributed by atoms with Crippen molar-refractivity contribution in [3.05, 3.63) is 52.1 Å². The van der Waals surface area contributed by atoms with Gasteiger partial charge in [-0.05, 0) is 63.5 Å². The number of rotatable bonds is 6. The number of piperazine rings is 1. The molecule has 0 aliphatic carbocycles. The average molecular weight is 573 g/mol. The predicted molar refractivity (Wildman–Crippen MR) is 145 cm³/mol. The van der Waals surface area contributed by atoms with E-state index in [4.69, 9.17) is 23.2 Å². The first-order valence-electron chi connectivity index (χ1n) is 12.7. The number of nitrogens with zero attached hydrogens (tertiary/aromatic N) is 4. The molecule has 0 radical (unpaired) electrons. The molecule has 3 heterocycles. The highest BCUT2D eigenvalue weighted by molar-refractivity contribution is 6.33. The van der Waals surface area contributed by atoms with Crippen LogP contribution in [0, 0.1) is 0 Å². The standard InChI is InChI=1S/C26H33Cl2F3N6O/c1-17-14-37(24-23(28)11-21(12-32-24)34-25(38)33-16-26(29,30)31)18(2)13-36(17)22-7-9-35(10-8-22)15-19-3-5-20(27)6-4-19/h3-6,11-12,17-18,22H,7-10,13-16H2,1-2H3,(H2,33,34,38)/t17-,18+/m0/s1. The van der Waals surface area contributed by atoms with E-state index < -0.39 is 18.8 Å². The van der Waals surface area contributed by atoms with Gasteiger partial charge < -0.3 is 15.5 Å². The van der Waals surface area contributed by atoms with Crippen molar-refractivity contribution >= 4 is 40.7 Å². The van der Waals surface area contributed by atoms with Gasteiger partial charge >= 0.3 is 12.2 Å². The SMILES string of the molecule is C[C@@H]1CN(C2CCN(Cc3ccc(Cl)cc3)CC2)[C@@H](C)CN1c1ncc(NC(=O)NCC(F)(F)F)cc1Cl. The van der Waals surface area contributed by atoms with E-state index >= 15 is 0 Å². The summed E-state index contributed by atoms with van der Waals surface area (Å²) in [7, 11) is 0. The summed E-state index contributed by atoms with van der Waals surface area (Å²) in [5.74, 6) is 0.602. The summed E-state index contributed by atoms with van der Waals surface area (Å²) >= 11 is 12.5. The molecule has 12 heteroatoms. The molecular weight excluding hydrogens is 540 g/mol. The fourth-order valence-corrected chi connectivity index (χ4v) is 5.68. The van der Waals surface area contributed by atoms with E-state index in [2.05, 4.69) is 51.0 Å². The molecule has 2 amide bonds. The Bertz CT molecular complexity index is 1100. The first-order chi connectivity index (χ1) is 18.0. The van der Waals surface area contributed by atoms with Gasteiger partial charge in [0.15, 0.2) is 0 Å². The minimum atomic E-state index is -4.49. The van der Waals surface area contributed by atoms with Crippen molar-refractivity contribution in [2.75, 3.05) is 42.9 Å². The largest absolute Gasteiger partial charge is 0.405 e. The lowest BCUT2D eigenvalue weighted by Crippen LogP contribution is -2.61. The van der Waals surface area contributed by atoms with Crippen LogP contribution in [0.15, 0.2) is 36.5 Å². The molecular formula is C26H33Cl2F3N6O. The lowest BCUT2D eigenvalue weighted by Gasteiger charge is -2.49. The molecule has 2 fully saturated rings. The van der Waals surface area contributed by atoms with Gasteiger partial charge in [-0.25, -0.2) is 9.78 Å². The van der Waals surface area contributed by atoms with Gasteiger partial charge in [0, 0.05) is 42.8 Å². The second-order valence-electron chi connectivity index (χ2n) is 10.1. The van der Waals surface area contributed by atoms with Crippen LogP contribution in [-0.2, 0) is 6.54 Å². The highest BCUT2D eigenvalue weighted by Gasteiger charge is 2.36. The average Bonchev–Trinajstić information content (AvgIpc) is 2.86. The first kappa shape index (κ1) is 28.7. The number of hydrogen-bond acceptors (Lipinski definition) is 5. The lowest BCUT2D eigenvalue weighted by molar-refractivity contribution is -0.122. The van der Waals surface area contributed by atoms with Gasteiger partial charge in [-0.2, -0.15) is 13.2 Å². The number of halogens is 5.